The fourth-order valence-electron chi connectivity index (χ4n) is 3.78. The van der Waals surface area contributed by atoms with Crippen LogP contribution in [-0.2, 0) is 15.7 Å². The highest BCUT2D eigenvalue weighted by Crippen LogP contribution is 2.30. The molecule has 0 unspecified atom stereocenters. The van der Waals surface area contributed by atoms with Crippen LogP contribution in [0.5, 0.6) is 0 Å². The van der Waals surface area contributed by atoms with Crippen molar-refractivity contribution in [1.82, 2.24) is 4.90 Å². The number of hydrogen-bond donors (Lipinski definition) is 3. The summed E-state index contributed by atoms with van der Waals surface area (Å²) in [6, 6.07) is 17.2. The molecule has 0 atom stereocenters. The molecule has 11 heteroatoms. The lowest BCUT2D eigenvalue weighted by Crippen LogP contribution is -2.40. The number of amides is 3. The highest BCUT2D eigenvalue weighted by Gasteiger charge is 2.30. The fourth-order valence-corrected chi connectivity index (χ4v) is 3.78. The molecule has 1 saturated heterocycles. The van der Waals surface area contributed by atoms with Crippen LogP contribution in [0.3, 0.4) is 0 Å². The van der Waals surface area contributed by atoms with E-state index in [-0.39, 0.29) is 29.6 Å². The average molecular weight is 527 g/mol. The molecule has 1 aliphatic heterocycles. The van der Waals surface area contributed by atoms with Crippen LogP contribution < -0.4 is 16.0 Å². The second kappa shape index (κ2) is 11.8. The van der Waals surface area contributed by atoms with Crippen molar-refractivity contribution in [2.75, 3.05) is 48.8 Å². The quantitative estimate of drug-likeness (QED) is 0.422. The standard InChI is InChI=1S/C27H25F3N4O4/c28-27(29,30)20-4-2-6-23(16-20)33-25(36)19-3-1-5-22(15-19)31-17-24(35)32-21-9-7-18(8-10-21)26(37)34-11-13-38-14-12-34/h1-10,15-16,31H,11-14,17H2,(H,32,35)(H,33,36). The maximum Gasteiger partial charge on any atom is 0.416 e. The molecular formula is C27H25F3N4O4. The first-order valence-electron chi connectivity index (χ1n) is 11.8. The Kier molecular flexibility index (Phi) is 8.27. The van der Waals surface area contributed by atoms with Crippen LogP contribution in [0, 0.1) is 0 Å². The van der Waals surface area contributed by atoms with E-state index in [0.29, 0.717) is 43.2 Å². The number of nitrogens with one attached hydrogen (secondary N) is 3. The summed E-state index contributed by atoms with van der Waals surface area (Å²) in [5.74, 6) is -1.04. The van der Waals surface area contributed by atoms with Crippen LogP contribution in [0.25, 0.3) is 0 Å². The number of carbonyl (C=O) groups is 3. The number of morpholine rings is 1. The smallest absolute Gasteiger partial charge is 0.378 e. The highest BCUT2D eigenvalue weighted by atomic mass is 19.4. The predicted octanol–water partition coefficient (Wildman–Crippen LogP) is 4.48. The van der Waals surface area contributed by atoms with Gasteiger partial charge in [-0.2, -0.15) is 13.2 Å². The van der Waals surface area contributed by atoms with Crippen molar-refractivity contribution in [3.63, 3.8) is 0 Å². The van der Waals surface area contributed by atoms with Crippen molar-refractivity contribution >= 4 is 34.8 Å². The Morgan fingerprint density at radius 2 is 1.47 bits per heavy atom. The number of hydrogen-bond acceptors (Lipinski definition) is 5. The number of anilines is 3. The molecule has 3 N–H and O–H groups in total. The number of carbonyl (C=O) groups excluding carboxylic acids is 3. The fraction of sp³-hybridized carbons (Fsp3) is 0.222. The molecule has 0 bridgehead atoms. The molecule has 1 fully saturated rings. The largest absolute Gasteiger partial charge is 0.416 e. The molecule has 0 saturated carbocycles. The predicted molar refractivity (Wildman–Crippen MR) is 136 cm³/mol. The van der Waals surface area contributed by atoms with Crippen LogP contribution in [0.4, 0.5) is 30.2 Å². The van der Waals surface area contributed by atoms with Gasteiger partial charge in [0, 0.05) is 41.3 Å². The first-order valence-corrected chi connectivity index (χ1v) is 11.8. The molecule has 4 rings (SSSR count). The van der Waals surface area contributed by atoms with E-state index in [1.54, 1.807) is 41.3 Å². The van der Waals surface area contributed by atoms with E-state index in [2.05, 4.69) is 16.0 Å². The molecule has 0 radical (unpaired) electrons. The third-order valence-electron chi connectivity index (χ3n) is 5.74. The van der Waals surface area contributed by atoms with Crippen molar-refractivity contribution < 1.29 is 32.3 Å². The summed E-state index contributed by atoms with van der Waals surface area (Å²) < 4.78 is 44.0. The van der Waals surface area contributed by atoms with Gasteiger partial charge in [0.1, 0.15) is 0 Å². The zero-order chi connectivity index (χ0) is 27.1. The molecule has 0 spiro atoms. The molecule has 198 valence electrons. The summed E-state index contributed by atoms with van der Waals surface area (Å²) in [5.41, 5.74) is 0.861. The molecule has 8 nitrogen and oxygen atoms in total. The minimum Gasteiger partial charge on any atom is -0.378 e. The Bertz CT molecular complexity index is 1310. The first kappa shape index (κ1) is 26.7. The third-order valence-corrected chi connectivity index (χ3v) is 5.74. The molecular weight excluding hydrogens is 501 g/mol. The molecule has 1 heterocycles. The molecule has 1 aliphatic rings. The van der Waals surface area contributed by atoms with Gasteiger partial charge < -0.3 is 25.6 Å². The van der Waals surface area contributed by atoms with Gasteiger partial charge in [0.25, 0.3) is 11.8 Å². The van der Waals surface area contributed by atoms with Gasteiger partial charge in [0.2, 0.25) is 5.91 Å². The summed E-state index contributed by atoms with van der Waals surface area (Å²) in [6.45, 7) is 1.99. The van der Waals surface area contributed by atoms with Crippen LogP contribution in [0.2, 0.25) is 0 Å². The minimum absolute atomic E-state index is 0.0141. The van der Waals surface area contributed by atoms with Crippen molar-refractivity contribution in [2.24, 2.45) is 0 Å². The molecule has 3 aromatic carbocycles. The maximum absolute atomic E-state index is 12.9. The number of benzene rings is 3. The zero-order valence-corrected chi connectivity index (χ0v) is 20.2. The Morgan fingerprint density at radius 1 is 0.789 bits per heavy atom. The normalized spacial score (nSPS) is 13.5. The third kappa shape index (κ3) is 7.10. The maximum atomic E-state index is 12.9. The van der Waals surface area contributed by atoms with Crippen LogP contribution in [-0.4, -0.2) is 55.5 Å². The van der Waals surface area contributed by atoms with Crippen LogP contribution >= 0.6 is 0 Å². The van der Waals surface area contributed by atoms with Crippen molar-refractivity contribution in [1.29, 1.82) is 0 Å². The Labute approximate surface area is 216 Å². The zero-order valence-electron chi connectivity index (χ0n) is 20.2. The van der Waals surface area contributed by atoms with E-state index in [0.717, 1.165) is 12.1 Å². The van der Waals surface area contributed by atoms with Gasteiger partial charge in [0.15, 0.2) is 0 Å². The molecule has 3 amide bonds. The SMILES string of the molecule is O=C(CNc1cccc(C(=O)Nc2cccc(C(F)(F)F)c2)c1)Nc1ccc(C(=O)N2CCOCC2)cc1. The van der Waals surface area contributed by atoms with Gasteiger partial charge in [0.05, 0.1) is 25.3 Å². The second-order valence-electron chi connectivity index (χ2n) is 8.50. The van der Waals surface area contributed by atoms with Crippen molar-refractivity contribution in [2.45, 2.75) is 6.18 Å². The topological polar surface area (TPSA) is 99.8 Å². The average Bonchev–Trinajstić information content (AvgIpc) is 2.92. The van der Waals surface area contributed by atoms with Gasteiger partial charge in [-0.3, -0.25) is 14.4 Å². The first-order chi connectivity index (χ1) is 18.2. The second-order valence-corrected chi connectivity index (χ2v) is 8.50. The summed E-state index contributed by atoms with van der Waals surface area (Å²) in [7, 11) is 0. The monoisotopic (exact) mass is 526 g/mol. The van der Waals surface area contributed by atoms with E-state index in [4.69, 9.17) is 4.74 Å². The highest BCUT2D eigenvalue weighted by molar-refractivity contribution is 6.05. The van der Waals surface area contributed by atoms with E-state index < -0.39 is 17.6 Å². The minimum atomic E-state index is -4.52. The summed E-state index contributed by atoms with van der Waals surface area (Å²) in [6.07, 6.45) is -4.52. The van der Waals surface area contributed by atoms with Gasteiger partial charge in [-0.15, -0.1) is 0 Å². The van der Waals surface area contributed by atoms with Gasteiger partial charge >= 0.3 is 6.18 Å². The lowest BCUT2D eigenvalue weighted by atomic mass is 10.1. The Morgan fingerprint density at radius 3 is 2.18 bits per heavy atom. The Hall–Kier alpha value is -4.38. The van der Waals surface area contributed by atoms with Crippen molar-refractivity contribution in [3.8, 4) is 0 Å². The molecule has 0 aromatic heterocycles. The number of ether oxygens (including phenoxy) is 1. The van der Waals surface area contributed by atoms with E-state index in [1.165, 1.54) is 24.3 Å². The summed E-state index contributed by atoms with van der Waals surface area (Å²) in [4.78, 5) is 39.2. The Balaban J connectivity index is 1.29. The van der Waals surface area contributed by atoms with Gasteiger partial charge in [-0.25, -0.2) is 0 Å². The summed E-state index contributed by atoms with van der Waals surface area (Å²) in [5, 5.41) is 8.09. The molecule has 0 aliphatic carbocycles. The van der Waals surface area contributed by atoms with E-state index in [9.17, 15) is 27.6 Å². The van der Waals surface area contributed by atoms with Gasteiger partial charge in [-0.1, -0.05) is 12.1 Å². The van der Waals surface area contributed by atoms with Crippen LogP contribution in [0.1, 0.15) is 26.3 Å². The van der Waals surface area contributed by atoms with Crippen molar-refractivity contribution in [3.05, 3.63) is 89.5 Å². The van der Waals surface area contributed by atoms with Crippen LogP contribution in [0.15, 0.2) is 72.8 Å². The number of halogens is 3. The number of nitrogens with zero attached hydrogens (tertiary/aromatic N) is 1. The van der Waals surface area contributed by atoms with E-state index in [1.807, 2.05) is 0 Å². The molecule has 3 aromatic rings. The lowest BCUT2D eigenvalue weighted by Gasteiger charge is -2.26. The lowest BCUT2D eigenvalue weighted by molar-refractivity contribution is -0.137. The number of rotatable bonds is 7. The summed E-state index contributed by atoms with van der Waals surface area (Å²) >= 11 is 0. The number of alkyl halides is 3. The molecule has 38 heavy (non-hydrogen) atoms. The van der Waals surface area contributed by atoms with Gasteiger partial charge in [-0.05, 0) is 60.7 Å². The van der Waals surface area contributed by atoms with E-state index >= 15 is 0 Å².